The summed E-state index contributed by atoms with van der Waals surface area (Å²) in [7, 11) is 0. The lowest BCUT2D eigenvalue weighted by Crippen LogP contribution is -2.47. The SMILES string of the molecule is CCCCNC(=O)C(C)N(Cc1cccc(C)c1)C(=O)CCc1ccccc1. The minimum Gasteiger partial charge on any atom is -0.354 e. The molecule has 0 aliphatic heterocycles. The van der Waals surface area contributed by atoms with E-state index < -0.39 is 6.04 Å². The van der Waals surface area contributed by atoms with E-state index in [0.29, 0.717) is 25.9 Å². The van der Waals surface area contributed by atoms with Gasteiger partial charge in [0.2, 0.25) is 11.8 Å². The minimum atomic E-state index is -0.499. The summed E-state index contributed by atoms with van der Waals surface area (Å²) in [6, 6.07) is 17.6. The Morgan fingerprint density at radius 2 is 1.75 bits per heavy atom. The number of aryl methyl sites for hydroxylation is 2. The van der Waals surface area contributed by atoms with Crippen LogP contribution in [0.25, 0.3) is 0 Å². The highest BCUT2D eigenvalue weighted by molar-refractivity contribution is 5.87. The van der Waals surface area contributed by atoms with Gasteiger partial charge in [0.1, 0.15) is 6.04 Å². The standard InChI is InChI=1S/C24H32N2O2/c1-4-5-16-25-24(28)20(3)26(18-22-13-9-10-19(2)17-22)23(27)15-14-21-11-7-6-8-12-21/h6-13,17,20H,4-5,14-16,18H2,1-3H3,(H,25,28). The van der Waals surface area contributed by atoms with Crippen molar-refractivity contribution in [1.82, 2.24) is 10.2 Å². The molecule has 2 aromatic rings. The van der Waals surface area contributed by atoms with Gasteiger partial charge in [-0.05, 0) is 37.8 Å². The fourth-order valence-electron chi connectivity index (χ4n) is 3.17. The van der Waals surface area contributed by atoms with Crippen LogP contribution in [0, 0.1) is 6.92 Å². The van der Waals surface area contributed by atoms with Crippen LogP contribution in [0.5, 0.6) is 0 Å². The van der Waals surface area contributed by atoms with Crippen molar-refractivity contribution in [2.24, 2.45) is 0 Å². The van der Waals surface area contributed by atoms with Crippen molar-refractivity contribution in [3.8, 4) is 0 Å². The third-order valence-corrected chi connectivity index (χ3v) is 4.90. The highest BCUT2D eigenvalue weighted by Gasteiger charge is 2.25. The van der Waals surface area contributed by atoms with E-state index in [9.17, 15) is 9.59 Å². The lowest BCUT2D eigenvalue weighted by Gasteiger charge is -2.29. The monoisotopic (exact) mass is 380 g/mol. The van der Waals surface area contributed by atoms with E-state index in [4.69, 9.17) is 0 Å². The molecule has 4 heteroatoms. The Morgan fingerprint density at radius 3 is 2.43 bits per heavy atom. The normalized spacial score (nSPS) is 11.7. The number of hydrogen-bond acceptors (Lipinski definition) is 2. The molecule has 0 bridgehead atoms. The maximum Gasteiger partial charge on any atom is 0.242 e. The van der Waals surface area contributed by atoms with Crippen LogP contribution in [0.2, 0.25) is 0 Å². The number of carbonyl (C=O) groups excluding carboxylic acids is 2. The first-order chi connectivity index (χ1) is 13.5. The van der Waals surface area contributed by atoms with Gasteiger partial charge in [0.15, 0.2) is 0 Å². The van der Waals surface area contributed by atoms with Crippen LogP contribution in [-0.4, -0.2) is 29.3 Å². The summed E-state index contributed by atoms with van der Waals surface area (Å²) >= 11 is 0. The summed E-state index contributed by atoms with van der Waals surface area (Å²) in [5.74, 6) is -0.0855. The molecule has 0 fully saturated rings. The molecule has 0 saturated heterocycles. The van der Waals surface area contributed by atoms with Crippen molar-refractivity contribution in [2.75, 3.05) is 6.54 Å². The molecule has 2 aromatic carbocycles. The van der Waals surface area contributed by atoms with Crippen LogP contribution in [0.4, 0.5) is 0 Å². The number of carbonyl (C=O) groups is 2. The molecule has 0 radical (unpaired) electrons. The molecule has 0 aliphatic carbocycles. The van der Waals surface area contributed by atoms with Gasteiger partial charge in [-0.3, -0.25) is 9.59 Å². The molecular formula is C24H32N2O2. The first kappa shape index (κ1) is 21.7. The van der Waals surface area contributed by atoms with Crippen LogP contribution in [0.15, 0.2) is 54.6 Å². The van der Waals surface area contributed by atoms with Gasteiger partial charge < -0.3 is 10.2 Å². The third kappa shape index (κ3) is 6.84. The van der Waals surface area contributed by atoms with Crippen LogP contribution in [-0.2, 0) is 22.6 Å². The number of nitrogens with one attached hydrogen (secondary N) is 1. The number of rotatable bonds is 10. The van der Waals surface area contributed by atoms with E-state index >= 15 is 0 Å². The molecule has 0 saturated carbocycles. The topological polar surface area (TPSA) is 49.4 Å². The first-order valence-corrected chi connectivity index (χ1v) is 10.2. The smallest absolute Gasteiger partial charge is 0.242 e. The van der Waals surface area contributed by atoms with Crippen molar-refractivity contribution >= 4 is 11.8 Å². The zero-order chi connectivity index (χ0) is 20.4. The maximum atomic E-state index is 13.0. The Hall–Kier alpha value is -2.62. The molecular weight excluding hydrogens is 348 g/mol. The molecule has 0 spiro atoms. The highest BCUT2D eigenvalue weighted by Crippen LogP contribution is 2.14. The molecule has 28 heavy (non-hydrogen) atoms. The second-order valence-corrected chi connectivity index (χ2v) is 7.32. The van der Waals surface area contributed by atoms with E-state index in [0.717, 1.165) is 29.5 Å². The van der Waals surface area contributed by atoms with E-state index in [1.807, 2.05) is 62.4 Å². The van der Waals surface area contributed by atoms with Crippen molar-refractivity contribution in [1.29, 1.82) is 0 Å². The summed E-state index contributed by atoms with van der Waals surface area (Å²) in [6.07, 6.45) is 3.03. The van der Waals surface area contributed by atoms with E-state index in [1.165, 1.54) is 0 Å². The molecule has 0 aliphatic rings. The number of hydrogen-bond donors (Lipinski definition) is 1. The molecule has 0 heterocycles. The van der Waals surface area contributed by atoms with Gasteiger partial charge in [0.25, 0.3) is 0 Å². The zero-order valence-corrected chi connectivity index (χ0v) is 17.3. The average molecular weight is 381 g/mol. The van der Waals surface area contributed by atoms with Gasteiger partial charge in [-0.2, -0.15) is 0 Å². The van der Waals surface area contributed by atoms with Gasteiger partial charge in [-0.15, -0.1) is 0 Å². The highest BCUT2D eigenvalue weighted by atomic mass is 16.2. The van der Waals surface area contributed by atoms with Gasteiger partial charge in [-0.1, -0.05) is 73.5 Å². The molecule has 2 amide bonds. The minimum absolute atomic E-state index is 0.00324. The lowest BCUT2D eigenvalue weighted by atomic mass is 10.1. The summed E-state index contributed by atoms with van der Waals surface area (Å²) in [4.78, 5) is 27.3. The summed E-state index contributed by atoms with van der Waals surface area (Å²) in [5, 5.41) is 2.96. The van der Waals surface area contributed by atoms with E-state index in [2.05, 4.69) is 18.3 Å². The van der Waals surface area contributed by atoms with Crippen molar-refractivity contribution in [2.45, 2.75) is 59.0 Å². The van der Waals surface area contributed by atoms with Gasteiger partial charge in [0.05, 0.1) is 0 Å². The second-order valence-electron chi connectivity index (χ2n) is 7.32. The quantitative estimate of drug-likeness (QED) is 0.626. The summed E-state index contributed by atoms with van der Waals surface area (Å²) < 4.78 is 0. The van der Waals surface area contributed by atoms with Crippen molar-refractivity contribution in [3.63, 3.8) is 0 Å². The van der Waals surface area contributed by atoms with Crippen molar-refractivity contribution < 1.29 is 9.59 Å². The van der Waals surface area contributed by atoms with Crippen LogP contribution in [0.1, 0.15) is 49.8 Å². The predicted molar refractivity (Wildman–Crippen MR) is 114 cm³/mol. The molecule has 4 nitrogen and oxygen atoms in total. The Kier molecular flexibility index (Phi) is 8.73. The Bertz CT molecular complexity index is 758. The summed E-state index contributed by atoms with van der Waals surface area (Å²) in [5.41, 5.74) is 3.32. The van der Waals surface area contributed by atoms with Crippen molar-refractivity contribution in [3.05, 3.63) is 71.3 Å². The third-order valence-electron chi connectivity index (χ3n) is 4.90. The first-order valence-electron chi connectivity index (χ1n) is 10.2. The molecule has 0 aromatic heterocycles. The molecule has 2 rings (SSSR count). The van der Waals surface area contributed by atoms with Crippen LogP contribution < -0.4 is 5.32 Å². The Balaban J connectivity index is 2.09. The predicted octanol–water partition coefficient (Wildman–Crippen LogP) is 4.26. The van der Waals surface area contributed by atoms with Crippen LogP contribution >= 0.6 is 0 Å². The molecule has 1 unspecified atom stereocenters. The number of unbranched alkanes of at least 4 members (excludes halogenated alkanes) is 1. The Labute approximate surface area is 169 Å². The molecule has 1 N–H and O–H groups in total. The second kappa shape index (κ2) is 11.3. The Morgan fingerprint density at radius 1 is 1.04 bits per heavy atom. The zero-order valence-electron chi connectivity index (χ0n) is 17.3. The van der Waals surface area contributed by atoms with Gasteiger partial charge >= 0.3 is 0 Å². The average Bonchev–Trinajstić information content (AvgIpc) is 2.70. The fraction of sp³-hybridized carbons (Fsp3) is 0.417. The van der Waals surface area contributed by atoms with Gasteiger partial charge in [-0.25, -0.2) is 0 Å². The fourth-order valence-corrected chi connectivity index (χ4v) is 3.17. The number of benzene rings is 2. The van der Waals surface area contributed by atoms with Crippen LogP contribution in [0.3, 0.4) is 0 Å². The lowest BCUT2D eigenvalue weighted by molar-refractivity contribution is -0.140. The van der Waals surface area contributed by atoms with Gasteiger partial charge in [0, 0.05) is 19.5 Å². The maximum absolute atomic E-state index is 13.0. The number of nitrogens with zero attached hydrogens (tertiary/aromatic N) is 1. The molecule has 150 valence electrons. The largest absolute Gasteiger partial charge is 0.354 e. The van der Waals surface area contributed by atoms with E-state index in [-0.39, 0.29) is 11.8 Å². The number of amides is 2. The molecule has 1 atom stereocenters. The summed E-state index contributed by atoms with van der Waals surface area (Å²) in [6.45, 7) is 7.03. The van der Waals surface area contributed by atoms with E-state index in [1.54, 1.807) is 4.90 Å².